The SMILES string of the molecule is Cc1ccc(N2C(=O)[C@H]3[C@@H](ON(c4ccccc4)[C@H]3c3ccc(-c4ccc(Br)cc4)o3)C2=O)cc1. The van der Waals surface area contributed by atoms with E-state index in [9.17, 15) is 9.59 Å². The summed E-state index contributed by atoms with van der Waals surface area (Å²) in [4.78, 5) is 34.5. The van der Waals surface area contributed by atoms with Gasteiger partial charge >= 0.3 is 0 Å². The largest absolute Gasteiger partial charge is 0.459 e. The van der Waals surface area contributed by atoms with E-state index in [1.807, 2.05) is 85.8 Å². The van der Waals surface area contributed by atoms with Crippen molar-refractivity contribution >= 4 is 39.1 Å². The van der Waals surface area contributed by atoms with Crippen LogP contribution in [0.5, 0.6) is 0 Å². The molecule has 35 heavy (non-hydrogen) atoms. The molecule has 0 spiro atoms. The highest BCUT2D eigenvalue weighted by Gasteiger charge is 2.61. The van der Waals surface area contributed by atoms with Crippen molar-refractivity contribution in [3.05, 3.63) is 107 Å². The van der Waals surface area contributed by atoms with Gasteiger partial charge in [0.15, 0.2) is 6.10 Å². The highest BCUT2D eigenvalue weighted by atomic mass is 79.9. The monoisotopic (exact) mass is 528 g/mol. The number of hydrogen-bond donors (Lipinski definition) is 0. The number of furan rings is 1. The Morgan fingerprint density at radius 3 is 2.20 bits per heavy atom. The molecule has 2 aliphatic rings. The maximum Gasteiger partial charge on any atom is 0.266 e. The average Bonchev–Trinajstić information content (AvgIpc) is 3.56. The molecule has 3 atom stereocenters. The number of para-hydroxylation sites is 1. The summed E-state index contributed by atoms with van der Waals surface area (Å²) in [6.07, 6.45) is -0.935. The van der Waals surface area contributed by atoms with E-state index in [1.54, 1.807) is 17.2 Å². The Morgan fingerprint density at radius 1 is 0.771 bits per heavy atom. The zero-order chi connectivity index (χ0) is 24.1. The number of hydrogen-bond acceptors (Lipinski definition) is 5. The third-order valence-electron chi connectivity index (χ3n) is 6.47. The van der Waals surface area contributed by atoms with Crippen LogP contribution in [0.4, 0.5) is 11.4 Å². The van der Waals surface area contributed by atoms with Gasteiger partial charge in [0, 0.05) is 10.0 Å². The molecule has 2 fully saturated rings. The van der Waals surface area contributed by atoms with Crippen molar-refractivity contribution in [1.29, 1.82) is 0 Å². The van der Waals surface area contributed by atoms with Crippen LogP contribution in [0.1, 0.15) is 17.4 Å². The molecule has 2 saturated heterocycles. The summed E-state index contributed by atoms with van der Waals surface area (Å²) < 4.78 is 7.25. The summed E-state index contributed by atoms with van der Waals surface area (Å²) >= 11 is 3.45. The predicted octanol–water partition coefficient (Wildman–Crippen LogP) is 6.07. The van der Waals surface area contributed by atoms with Crippen LogP contribution in [-0.4, -0.2) is 17.9 Å². The van der Waals surface area contributed by atoms with Gasteiger partial charge < -0.3 is 4.42 Å². The number of nitrogens with zero attached hydrogens (tertiary/aromatic N) is 2. The highest BCUT2D eigenvalue weighted by molar-refractivity contribution is 9.10. The quantitative estimate of drug-likeness (QED) is 0.301. The molecule has 0 aliphatic carbocycles. The van der Waals surface area contributed by atoms with E-state index in [4.69, 9.17) is 9.25 Å². The standard InChI is InChI=1S/C28H21BrN2O4/c1-17-7-13-20(14-8-17)30-27(32)24-25(23-16-15-22(34-23)18-9-11-19(29)12-10-18)31(35-26(24)28(30)33)21-5-3-2-4-6-21/h2-16,24-26H,1H3/t24-,25+,26-/m1/s1. The number of carbonyl (C=O) groups excluding carboxylic acids is 2. The van der Waals surface area contributed by atoms with E-state index in [0.717, 1.165) is 21.3 Å². The zero-order valence-electron chi connectivity index (χ0n) is 18.8. The van der Waals surface area contributed by atoms with Crippen LogP contribution in [-0.2, 0) is 14.4 Å². The van der Waals surface area contributed by atoms with E-state index >= 15 is 0 Å². The molecular weight excluding hydrogens is 508 g/mol. The summed E-state index contributed by atoms with van der Waals surface area (Å²) in [6, 6.07) is 27.8. The first-order chi connectivity index (χ1) is 17.0. The molecule has 4 aromatic rings. The number of benzene rings is 3. The Kier molecular flexibility index (Phi) is 5.31. The second-order valence-electron chi connectivity index (χ2n) is 8.71. The number of aryl methyl sites for hydroxylation is 1. The number of fused-ring (bicyclic) bond motifs is 1. The minimum Gasteiger partial charge on any atom is -0.459 e. The fourth-order valence-corrected chi connectivity index (χ4v) is 5.00. The summed E-state index contributed by atoms with van der Waals surface area (Å²) in [5.41, 5.74) is 3.25. The van der Waals surface area contributed by atoms with Crippen LogP contribution in [0, 0.1) is 12.8 Å². The number of hydroxylamine groups is 1. The van der Waals surface area contributed by atoms with E-state index < -0.39 is 18.1 Å². The lowest BCUT2D eigenvalue weighted by Crippen LogP contribution is -2.37. The molecule has 1 aromatic heterocycles. The van der Waals surface area contributed by atoms with E-state index in [-0.39, 0.29) is 11.8 Å². The van der Waals surface area contributed by atoms with Crippen LogP contribution in [0.3, 0.4) is 0 Å². The molecule has 3 aromatic carbocycles. The van der Waals surface area contributed by atoms with Crippen LogP contribution < -0.4 is 9.96 Å². The van der Waals surface area contributed by atoms with Crippen molar-refractivity contribution in [3.8, 4) is 11.3 Å². The van der Waals surface area contributed by atoms with Crippen molar-refractivity contribution in [2.75, 3.05) is 9.96 Å². The molecule has 0 N–H and O–H groups in total. The molecule has 0 saturated carbocycles. The number of amides is 2. The average molecular weight is 529 g/mol. The lowest BCUT2D eigenvalue weighted by atomic mass is 9.94. The number of imide groups is 1. The van der Waals surface area contributed by atoms with Crippen molar-refractivity contribution in [3.63, 3.8) is 0 Å². The first-order valence-electron chi connectivity index (χ1n) is 11.3. The van der Waals surface area contributed by atoms with E-state index in [2.05, 4.69) is 15.9 Å². The van der Waals surface area contributed by atoms with Gasteiger partial charge in [-0.05, 0) is 55.5 Å². The Balaban J connectivity index is 1.41. The molecular formula is C28H21BrN2O4. The minimum atomic E-state index is -0.935. The fourth-order valence-electron chi connectivity index (χ4n) is 4.73. The zero-order valence-corrected chi connectivity index (χ0v) is 20.4. The molecule has 2 aliphatic heterocycles. The van der Waals surface area contributed by atoms with Crippen molar-refractivity contribution in [1.82, 2.24) is 0 Å². The fraction of sp³-hybridized carbons (Fsp3) is 0.143. The first kappa shape index (κ1) is 21.8. The summed E-state index contributed by atoms with van der Waals surface area (Å²) in [5, 5.41) is 1.64. The third-order valence-corrected chi connectivity index (χ3v) is 6.99. The molecule has 7 heteroatoms. The van der Waals surface area contributed by atoms with Gasteiger partial charge in [-0.25, -0.2) is 9.96 Å². The second-order valence-corrected chi connectivity index (χ2v) is 9.63. The molecule has 0 bridgehead atoms. The number of halogens is 1. The predicted molar refractivity (Wildman–Crippen MR) is 136 cm³/mol. The molecule has 3 heterocycles. The normalized spacial score (nSPS) is 21.6. The maximum absolute atomic E-state index is 13.7. The Morgan fingerprint density at radius 2 is 1.49 bits per heavy atom. The molecule has 2 amide bonds. The first-order valence-corrected chi connectivity index (χ1v) is 12.1. The lowest BCUT2D eigenvalue weighted by molar-refractivity contribution is -0.126. The van der Waals surface area contributed by atoms with Crippen molar-refractivity contribution in [2.45, 2.75) is 19.1 Å². The van der Waals surface area contributed by atoms with Gasteiger partial charge in [0.2, 0.25) is 5.91 Å². The van der Waals surface area contributed by atoms with E-state index in [1.165, 1.54) is 4.90 Å². The number of carbonyl (C=O) groups is 2. The summed E-state index contributed by atoms with van der Waals surface area (Å²) in [5.74, 6) is -0.170. The van der Waals surface area contributed by atoms with Crippen LogP contribution >= 0.6 is 15.9 Å². The van der Waals surface area contributed by atoms with Gasteiger partial charge in [-0.1, -0.05) is 64.0 Å². The topological polar surface area (TPSA) is 63.0 Å². The maximum atomic E-state index is 13.7. The Labute approximate surface area is 210 Å². The van der Waals surface area contributed by atoms with Crippen LogP contribution in [0.2, 0.25) is 0 Å². The molecule has 0 radical (unpaired) electrons. The Bertz CT molecular complexity index is 1400. The molecule has 6 rings (SSSR count). The van der Waals surface area contributed by atoms with Crippen molar-refractivity contribution < 1.29 is 18.8 Å². The van der Waals surface area contributed by atoms with Crippen molar-refractivity contribution in [2.24, 2.45) is 5.92 Å². The van der Waals surface area contributed by atoms with Gasteiger partial charge in [0.05, 0.1) is 11.4 Å². The molecule has 0 unspecified atom stereocenters. The molecule has 174 valence electrons. The van der Waals surface area contributed by atoms with Gasteiger partial charge in [-0.2, -0.15) is 0 Å². The second kappa shape index (κ2) is 8.52. The van der Waals surface area contributed by atoms with Gasteiger partial charge in [-0.15, -0.1) is 0 Å². The number of anilines is 2. The lowest BCUT2D eigenvalue weighted by Gasteiger charge is -2.27. The van der Waals surface area contributed by atoms with Gasteiger partial charge in [-0.3, -0.25) is 14.4 Å². The summed E-state index contributed by atoms with van der Waals surface area (Å²) in [6.45, 7) is 1.96. The number of rotatable bonds is 4. The molecule has 6 nitrogen and oxygen atoms in total. The summed E-state index contributed by atoms with van der Waals surface area (Å²) in [7, 11) is 0. The minimum absolute atomic E-state index is 0.297. The highest BCUT2D eigenvalue weighted by Crippen LogP contribution is 2.48. The van der Waals surface area contributed by atoms with Gasteiger partial charge in [0.1, 0.15) is 23.5 Å². The van der Waals surface area contributed by atoms with E-state index in [0.29, 0.717) is 17.2 Å². The van der Waals surface area contributed by atoms with Crippen LogP contribution in [0.25, 0.3) is 11.3 Å². The van der Waals surface area contributed by atoms with Gasteiger partial charge in [0.25, 0.3) is 5.91 Å². The van der Waals surface area contributed by atoms with Crippen LogP contribution in [0.15, 0.2) is 99.9 Å². The Hall–Kier alpha value is -3.68. The smallest absolute Gasteiger partial charge is 0.266 e. The third kappa shape index (κ3) is 3.68.